The Balaban J connectivity index is 2.75. The van der Waals surface area contributed by atoms with E-state index in [2.05, 4.69) is 0 Å². The number of rotatable bonds is 3. The Labute approximate surface area is 69.6 Å². The zero-order valence-corrected chi connectivity index (χ0v) is 6.46. The first kappa shape index (κ1) is 8.71. The lowest BCUT2D eigenvalue weighted by Crippen LogP contribution is -1.86. The van der Waals surface area contributed by atoms with E-state index in [9.17, 15) is 9.18 Å². The van der Waals surface area contributed by atoms with Crippen molar-refractivity contribution in [2.75, 3.05) is 0 Å². The molecule has 0 aromatic heterocycles. The zero-order valence-electron chi connectivity index (χ0n) is 6.46. The highest BCUT2D eigenvalue weighted by molar-refractivity contribution is 5.50. The minimum Gasteiger partial charge on any atom is -0.505 e. The molecule has 0 spiro atoms. The molecule has 1 N–H and O–H groups in total. The molecule has 0 saturated heterocycles. The Bertz CT molecular complexity index is 284. The highest BCUT2D eigenvalue weighted by Gasteiger charge is 2.00. The van der Waals surface area contributed by atoms with Gasteiger partial charge < -0.3 is 9.90 Å². The van der Waals surface area contributed by atoms with E-state index in [0.29, 0.717) is 12.8 Å². The van der Waals surface area contributed by atoms with Gasteiger partial charge in [-0.25, -0.2) is 4.39 Å². The van der Waals surface area contributed by atoms with E-state index in [4.69, 9.17) is 5.11 Å². The van der Waals surface area contributed by atoms with Crippen molar-refractivity contribution in [1.29, 1.82) is 0 Å². The third kappa shape index (κ3) is 2.05. The fourth-order valence-electron chi connectivity index (χ4n) is 0.939. The number of phenolic OH excluding ortho intramolecular Hbond substituents is 1. The van der Waals surface area contributed by atoms with Crippen molar-refractivity contribution in [3.8, 4) is 5.75 Å². The number of carbonyl (C=O) groups is 1. The van der Waals surface area contributed by atoms with E-state index >= 15 is 0 Å². The fraction of sp³-hybridized carbons (Fsp3) is 0.222. The molecule has 12 heavy (non-hydrogen) atoms. The number of aryl methyl sites for hydroxylation is 1. The van der Waals surface area contributed by atoms with Crippen LogP contribution in [0.1, 0.15) is 12.0 Å². The van der Waals surface area contributed by atoms with Crippen LogP contribution in [0, 0.1) is 5.82 Å². The number of phenols is 1. The standard InChI is InChI=1S/C9H9FO2/c10-8-4-3-7(2-1-5-11)6-9(8)12/h3-6,12H,1-2H2. The summed E-state index contributed by atoms with van der Waals surface area (Å²) in [6, 6.07) is 4.08. The fourth-order valence-corrected chi connectivity index (χ4v) is 0.939. The zero-order chi connectivity index (χ0) is 8.97. The van der Waals surface area contributed by atoms with Gasteiger partial charge in [0.05, 0.1) is 0 Å². The van der Waals surface area contributed by atoms with Gasteiger partial charge >= 0.3 is 0 Å². The predicted molar refractivity (Wildman–Crippen MR) is 42.4 cm³/mol. The van der Waals surface area contributed by atoms with Crippen molar-refractivity contribution in [2.45, 2.75) is 12.8 Å². The van der Waals surface area contributed by atoms with E-state index in [1.165, 1.54) is 12.1 Å². The van der Waals surface area contributed by atoms with Gasteiger partial charge in [0.25, 0.3) is 0 Å². The molecular weight excluding hydrogens is 159 g/mol. The Hall–Kier alpha value is -1.38. The minimum absolute atomic E-state index is 0.363. The number of halogens is 1. The van der Waals surface area contributed by atoms with Gasteiger partial charge in [0.2, 0.25) is 0 Å². The molecule has 0 saturated carbocycles. The largest absolute Gasteiger partial charge is 0.505 e. The van der Waals surface area contributed by atoms with Crippen LogP contribution < -0.4 is 0 Å². The number of aldehydes is 1. The van der Waals surface area contributed by atoms with Gasteiger partial charge in [-0.05, 0) is 24.1 Å². The topological polar surface area (TPSA) is 37.3 Å². The molecular formula is C9H9FO2. The summed E-state index contributed by atoms with van der Waals surface area (Å²) in [5.74, 6) is -0.997. The minimum atomic E-state index is -0.634. The average molecular weight is 168 g/mol. The van der Waals surface area contributed by atoms with Crippen LogP contribution in [0.3, 0.4) is 0 Å². The molecule has 1 aromatic rings. The molecule has 0 fully saturated rings. The van der Waals surface area contributed by atoms with Gasteiger partial charge in [-0.3, -0.25) is 0 Å². The third-order valence-electron chi connectivity index (χ3n) is 1.56. The Morgan fingerprint density at radius 1 is 1.50 bits per heavy atom. The molecule has 1 rings (SSSR count). The normalized spacial score (nSPS) is 9.75. The number of hydrogen-bond donors (Lipinski definition) is 1. The first-order chi connectivity index (χ1) is 5.74. The number of benzene rings is 1. The van der Waals surface area contributed by atoms with Crippen LogP contribution in [-0.2, 0) is 11.2 Å². The van der Waals surface area contributed by atoms with Crippen LogP contribution in [-0.4, -0.2) is 11.4 Å². The van der Waals surface area contributed by atoms with Gasteiger partial charge in [-0.1, -0.05) is 6.07 Å². The molecule has 0 aliphatic rings. The van der Waals surface area contributed by atoms with Crippen LogP contribution >= 0.6 is 0 Å². The van der Waals surface area contributed by atoms with E-state index in [-0.39, 0.29) is 5.75 Å². The van der Waals surface area contributed by atoms with E-state index in [1.807, 2.05) is 0 Å². The van der Waals surface area contributed by atoms with E-state index < -0.39 is 5.82 Å². The van der Waals surface area contributed by atoms with Crippen LogP contribution in [0.5, 0.6) is 5.75 Å². The average Bonchev–Trinajstić information content (AvgIpc) is 2.07. The lowest BCUT2D eigenvalue weighted by atomic mass is 10.1. The molecule has 0 aliphatic carbocycles. The summed E-state index contributed by atoms with van der Waals surface area (Å²) in [7, 11) is 0. The van der Waals surface area contributed by atoms with Crippen molar-refractivity contribution < 1.29 is 14.3 Å². The molecule has 3 heteroatoms. The molecule has 0 aliphatic heterocycles. The van der Waals surface area contributed by atoms with Gasteiger partial charge in [0, 0.05) is 6.42 Å². The molecule has 1 aromatic carbocycles. The summed E-state index contributed by atoms with van der Waals surface area (Å²) in [6.45, 7) is 0. The predicted octanol–water partition coefficient (Wildman–Crippen LogP) is 1.66. The maximum absolute atomic E-state index is 12.5. The van der Waals surface area contributed by atoms with Crippen LogP contribution in [0.2, 0.25) is 0 Å². The van der Waals surface area contributed by atoms with Gasteiger partial charge in [0.15, 0.2) is 11.6 Å². The highest BCUT2D eigenvalue weighted by atomic mass is 19.1. The quantitative estimate of drug-likeness (QED) is 0.697. The summed E-state index contributed by atoms with van der Waals surface area (Å²) in [5.41, 5.74) is 0.765. The molecule has 0 atom stereocenters. The summed E-state index contributed by atoms with van der Waals surface area (Å²) in [4.78, 5) is 9.99. The molecule has 2 nitrogen and oxygen atoms in total. The molecule has 64 valence electrons. The molecule has 0 bridgehead atoms. The second kappa shape index (κ2) is 3.85. The number of hydrogen-bond acceptors (Lipinski definition) is 2. The first-order valence-electron chi connectivity index (χ1n) is 3.65. The van der Waals surface area contributed by atoms with Crippen molar-refractivity contribution in [3.05, 3.63) is 29.6 Å². The highest BCUT2D eigenvalue weighted by Crippen LogP contribution is 2.17. The number of aromatic hydroxyl groups is 1. The maximum Gasteiger partial charge on any atom is 0.164 e. The maximum atomic E-state index is 12.5. The van der Waals surface area contributed by atoms with Crippen LogP contribution in [0.15, 0.2) is 18.2 Å². The van der Waals surface area contributed by atoms with Gasteiger partial charge in [-0.2, -0.15) is 0 Å². The SMILES string of the molecule is O=CCCc1ccc(F)c(O)c1. The van der Waals surface area contributed by atoms with Crippen molar-refractivity contribution in [3.63, 3.8) is 0 Å². The summed E-state index contributed by atoms with van der Waals surface area (Å²) in [6.07, 6.45) is 1.73. The second-order valence-electron chi connectivity index (χ2n) is 2.49. The van der Waals surface area contributed by atoms with Crippen molar-refractivity contribution in [1.82, 2.24) is 0 Å². The summed E-state index contributed by atoms with van der Waals surface area (Å²) >= 11 is 0. The van der Waals surface area contributed by atoms with E-state index in [0.717, 1.165) is 11.8 Å². The molecule has 0 heterocycles. The van der Waals surface area contributed by atoms with Gasteiger partial charge in [0.1, 0.15) is 6.29 Å². The number of carbonyl (C=O) groups excluding carboxylic acids is 1. The molecule has 0 unspecified atom stereocenters. The van der Waals surface area contributed by atoms with Crippen LogP contribution in [0.25, 0.3) is 0 Å². The summed E-state index contributed by atoms with van der Waals surface area (Å²) < 4.78 is 12.5. The Morgan fingerprint density at radius 2 is 2.25 bits per heavy atom. The van der Waals surface area contributed by atoms with Crippen molar-refractivity contribution >= 4 is 6.29 Å². The summed E-state index contributed by atoms with van der Waals surface area (Å²) in [5, 5.41) is 8.94. The smallest absolute Gasteiger partial charge is 0.164 e. The monoisotopic (exact) mass is 168 g/mol. The van der Waals surface area contributed by atoms with E-state index in [1.54, 1.807) is 6.07 Å². The third-order valence-corrected chi connectivity index (χ3v) is 1.56. The van der Waals surface area contributed by atoms with Gasteiger partial charge in [-0.15, -0.1) is 0 Å². The lowest BCUT2D eigenvalue weighted by molar-refractivity contribution is -0.107. The molecule has 0 radical (unpaired) electrons. The lowest BCUT2D eigenvalue weighted by Gasteiger charge is -1.99. The van der Waals surface area contributed by atoms with Crippen LogP contribution in [0.4, 0.5) is 4.39 Å². The Kier molecular flexibility index (Phi) is 2.80. The first-order valence-corrected chi connectivity index (χ1v) is 3.65. The molecule has 0 amide bonds. The Morgan fingerprint density at radius 3 is 2.83 bits per heavy atom. The van der Waals surface area contributed by atoms with Crippen molar-refractivity contribution in [2.24, 2.45) is 0 Å². The second-order valence-corrected chi connectivity index (χ2v) is 2.49.